The van der Waals surface area contributed by atoms with Crippen LogP contribution in [0.1, 0.15) is 37.8 Å². The number of benzene rings is 1. The number of hydrogen-bond acceptors (Lipinski definition) is 2. The minimum atomic E-state index is -0.0810. The van der Waals surface area contributed by atoms with Crippen LogP contribution in [0.3, 0.4) is 0 Å². The number of nitrogens with zero attached hydrogens (tertiary/aromatic N) is 1. The highest BCUT2D eigenvalue weighted by molar-refractivity contribution is 5.36. The lowest BCUT2D eigenvalue weighted by Gasteiger charge is -2.20. The molecule has 0 fully saturated rings. The van der Waals surface area contributed by atoms with Gasteiger partial charge in [-0.1, -0.05) is 44.2 Å². The molecule has 0 unspecified atom stereocenters. The van der Waals surface area contributed by atoms with Crippen LogP contribution in [0, 0.1) is 11.8 Å². The lowest BCUT2D eigenvalue weighted by molar-refractivity contribution is 0.275. The summed E-state index contributed by atoms with van der Waals surface area (Å²) in [4.78, 5) is 2.46. The summed E-state index contributed by atoms with van der Waals surface area (Å²) in [6.45, 7) is 7.61. The van der Waals surface area contributed by atoms with E-state index in [-0.39, 0.29) is 6.61 Å². The molecule has 0 spiro atoms. The summed E-state index contributed by atoms with van der Waals surface area (Å²) < 4.78 is 0. The molecule has 1 aromatic carbocycles. The summed E-state index contributed by atoms with van der Waals surface area (Å²) in [6, 6.07) is 8.28. The van der Waals surface area contributed by atoms with Crippen LogP contribution in [0.15, 0.2) is 24.3 Å². The summed E-state index contributed by atoms with van der Waals surface area (Å²) in [5, 5.41) is 8.64. The predicted molar refractivity (Wildman–Crippen MR) is 76.3 cm³/mol. The molecule has 0 amide bonds. The van der Waals surface area contributed by atoms with E-state index in [4.69, 9.17) is 5.11 Å². The van der Waals surface area contributed by atoms with Crippen LogP contribution in [0.5, 0.6) is 0 Å². The molecule has 0 atom stereocenters. The molecular weight excluding hydrogens is 222 g/mol. The van der Waals surface area contributed by atoms with E-state index in [0.717, 1.165) is 18.7 Å². The fourth-order valence-corrected chi connectivity index (χ4v) is 1.82. The normalized spacial score (nSPS) is 10.2. The maximum absolute atomic E-state index is 8.64. The van der Waals surface area contributed by atoms with Crippen LogP contribution in [0.25, 0.3) is 0 Å². The molecule has 0 bridgehead atoms. The van der Waals surface area contributed by atoms with E-state index in [1.165, 1.54) is 24.9 Å². The van der Waals surface area contributed by atoms with Crippen molar-refractivity contribution >= 4 is 0 Å². The molecule has 18 heavy (non-hydrogen) atoms. The number of hydrogen-bond donors (Lipinski definition) is 1. The molecule has 1 rings (SSSR count). The van der Waals surface area contributed by atoms with E-state index in [0.29, 0.717) is 0 Å². The van der Waals surface area contributed by atoms with Gasteiger partial charge in [0.05, 0.1) is 0 Å². The number of unbranched alkanes of at least 4 members (excludes halogenated alkanes) is 1. The molecule has 1 aromatic rings. The summed E-state index contributed by atoms with van der Waals surface area (Å²) in [5.74, 6) is 5.57. The van der Waals surface area contributed by atoms with E-state index < -0.39 is 0 Å². The Bertz CT molecular complexity index is 386. The minimum absolute atomic E-state index is 0.0810. The van der Waals surface area contributed by atoms with E-state index in [9.17, 15) is 0 Å². The smallest absolute Gasteiger partial charge is 0.104 e. The zero-order valence-electron chi connectivity index (χ0n) is 11.4. The maximum Gasteiger partial charge on any atom is 0.104 e. The average Bonchev–Trinajstić information content (AvgIpc) is 2.42. The first-order chi connectivity index (χ1) is 8.80. The van der Waals surface area contributed by atoms with Crippen molar-refractivity contribution in [1.82, 2.24) is 4.90 Å². The third kappa shape index (κ3) is 5.35. The van der Waals surface area contributed by atoms with Gasteiger partial charge in [0.1, 0.15) is 6.61 Å². The molecular formula is C16H23NO. The second kappa shape index (κ2) is 8.74. The van der Waals surface area contributed by atoms with Gasteiger partial charge in [-0.3, -0.25) is 4.90 Å². The van der Waals surface area contributed by atoms with Gasteiger partial charge in [-0.25, -0.2) is 0 Å². The molecule has 0 aliphatic carbocycles. The quantitative estimate of drug-likeness (QED) is 0.779. The van der Waals surface area contributed by atoms with E-state index >= 15 is 0 Å². The predicted octanol–water partition coefficient (Wildman–Crippen LogP) is 2.65. The minimum Gasteiger partial charge on any atom is -0.384 e. The Labute approximate surface area is 111 Å². The molecule has 0 aromatic heterocycles. The summed E-state index contributed by atoms with van der Waals surface area (Å²) in [6.07, 6.45) is 2.50. The number of rotatable bonds is 6. The third-order valence-electron chi connectivity index (χ3n) is 2.95. The first-order valence-electron chi connectivity index (χ1n) is 6.71. The van der Waals surface area contributed by atoms with Gasteiger partial charge in [0, 0.05) is 12.1 Å². The van der Waals surface area contributed by atoms with E-state index in [1.54, 1.807) is 0 Å². The molecule has 0 radical (unpaired) electrons. The van der Waals surface area contributed by atoms with Gasteiger partial charge in [0.2, 0.25) is 0 Å². The Morgan fingerprint density at radius 1 is 1.17 bits per heavy atom. The van der Waals surface area contributed by atoms with Crippen molar-refractivity contribution in [2.24, 2.45) is 0 Å². The van der Waals surface area contributed by atoms with Crippen molar-refractivity contribution in [3.63, 3.8) is 0 Å². The summed E-state index contributed by atoms with van der Waals surface area (Å²) in [7, 11) is 0. The first-order valence-corrected chi connectivity index (χ1v) is 6.71. The van der Waals surface area contributed by atoms with Gasteiger partial charge in [0.25, 0.3) is 0 Å². The summed E-state index contributed by atoms with van der Waals surface area (Å²) >= 11 is 0. The molecule has 1 N–H and O–H groups in total. The van der Waals surface area contributed by atoms with Crippen LogP contribution in [0.4, 0.5) is 0 Å². The Balaban J connectivity index is 2.56. The molecule has 0 heterocycles. The van der Waals surface area contributed by atoms with Gasteiger partial charge in [-0.2, -0.15) is 0 Å². The highest BCUT2D eigenvalue weighted by atomic mass is 16.2. The van der Waals surface area contributed by atoms with Crippen LogP contribution >= 0.6 is 0 Å². The number of aliphatic hydroxyl groups excluding tert-OH is 1. The van der Waals surface area contributed by atoms with Gasteiger partial charge >= 0.3 is 0 Å². The average molecular weight is 245 g/mol. The molecule has 2 nitrogen and oxygen atoms in total. The maximum atomic E-state index is 8.64. The van der Waals surface area contributed by atoms with Crippen molar-refractivity contribution in [3.8, 4) is 11.8 Å². The zero-order valence-corrected chi connectivity index (χ0v) is 11.4. The second-order valence-corrected chi connectivity index (χ2v) is 4.38. The molecule has 98 valence electrons. The van der Waals surface area contributed by atoms with Gasteiger partial charge < -0.3 is 5.11 Å². The van der Waals surface area contributed by atoms with Crippen molar-refractivity contribution in [2.75, 3.05) is 19.7 Å². The second-order valence-electron chi connectivity index (χ2n) is 4.38. The van der Waals surface area contributed by atoms with Crippen molar-refractivity contribution in [2.45, 2.75) is 33.2 Å². The highest BCUT2D eigenvalue weighted by Gasteiger charge is 2.02. The third-order valence-corrected chi connectivity index (χ3v) is 2.95. The molecule has 0 saturated carbocycles. The standard InChI is InChI=1S/C16H23NO/c1-3-5-12-17(4-2)14-16-10-8-15(9-11-16)7-6-13-18/h8-11,18H,3-5,12-14H2,1-2H3. The van der Waals surface area contributed by atoms with Gasteiger partial charge in [0.15, 0.2) is 0 Å². The Hall–Kier alpha value is -1.30. The molecule has 0 aliphatic heterocycles. The lowest BCUT2D eigenvalue weighted by Crippen LogP contribution is -2.23. The van der Waals surface area contributed by atoms with Crippen LogP contribution in [-0.2, 0) is 6.54 Å². The first kappa shape index (κ1) is 14.8. The lowest BCUT2D eigenvalue weighted by atomic mass is 10.1. The molecule has 0 saturated heterocycles. The highest BCUT2D eigenvalue weighted by Crippen LogP contribution is 2.08. The monoisotopic (exact) mass is 245 g/mol. The van der Waals surface area contributed by atoms with Crippen molar-refractivity contribution < 1.29 is 5.11 Å². The van der Waals surface area contributed by atoms with Crippen LogP contribution in [-0.4, -0.2) is 29.7 Å². The fraction of sp³-hybridized carbons (Fsp3) is 0.500. The Kier molecular flexibility index (Phi) is 7.17. The Morgan fingerprint density at radius 3 is 2.44 bits per heavy atom. The molecule has 0 aliphatic rings. The number of aliphatic hydroxyl groups is 1. The topological polar surface area (TPSA) is 23.5 Å². The summed E-state index contributed by atoms with van der Waals surface area (Å²) in [5.41, 5.74) is 2.28. The van der Waals surface area contributed by atoms with Crippen LogP contribution < -0.4 is 0 Å². The van der Waals surface area contributed by atoms with Gasteiger partial charge in [-0.05, 0) is 37.2 Å². The molecule has 2 heteroatoms. The van der Waals surface area contributed by atoms with Gasteiger partial charge in [-0.15, -0.1) is 0 Å². The Morgan fingerprint density at radius 2 is 1.89 bits per heavy atom. The zero-order chi connectivity index (χ0) is 13.2. The van der Waals surface area contributed by atoms with Crippen molar-refractivity contribution in [1.29, 1.82) is 0 Å². The van der Waals surface area contributed by atoms with Crippen LogP contribution in [0.2, 0.25) is 0 Å². The largest absolute Gasteiger partial charge is 0.384 e. The fourth-order valence-electron chi connectivity index (χ4n) is 1.82. The van der Waals surface area contributed by atoms with E-state index in [2.05, 4.69) is 42.7 Å². The van der Waals surface area contributed by atoms with Crippen molar-refractivity contribution in [3.05, 3.63) is 35.4 Å². The SMILES string of the molecule is CCCCN(CC)Cc1ccc(C#CCO)cc1. The van der Waals surface area contributed by atoms with E-state index in [1.807, 2.05) is 12.1 Å².